The molecule has 0 bridgehead atoms. The van der Waals surface area contributed by atoms with Crippen LogP contribution < -0.4 is 0 Å². The highest BCUT2D eigenvalue weighted by Crippen LogP contribution is 2.28. The van der Waals surface area contributed by atoms with Gasteiger partial charge in [0.1, 0.15) is 5.82 Å². The summed E-state index contributed by atoms with van der Waals surface area (Å²) in [4.78, 5) is 15.8. The van der Waals surface area contributed by atoms with Crippen molar-refractivity contribution in [3.05, 3.63) is 34.1 Å². The van der Waals surface area contributed by atoms with Crippen LogP contribution >= 0.6 is 15.9 Å². The van der Waals surface area contributed by atoms with Crippen LogP contribution in [0.5, 0.6) is 0 Å². The Morgan fingerprint density at radius 1 is 1.65 bits per heavy atom. The molecule has 1 aromatic rings. The van der Waals surface area contributed by atoms with Crippen molar-refractivity contribution in [2.45, 2.75) is 18.9 Å². The van der Waals surface area contributed by atoms with Crippen LogP contribution in [0.25, 0.3) is 0 Å². The standard InChI is InChI=1S/C11H9BrFNO3/c1-11(10(15)16)5-9(14-17-11)6-2-3-7(12)8(13)4-6/h2-4H,5H2,1H3,(H,15,16). The molecular formula is C11H9BrFNO3. The van der Waals surface area contributed by atoms with Crippen molar-refractivity contribution >= 4 is 27.6 Å². The summed E-state index contributed by atoms with van der Waals surface area (Å²) in [5, 5.41) is 12.7. The Morgan fingerprint density at radius 3 is 2.88 bits per heavy atom. The Kier molecular flexibility index (Phi) is 2.91. The van der Waals surface area contributed by atoms with E-state index in [1.165, 1.54) is 13.0 Å². The molecule has 0 spiro atoms. The number of halogens is 2. The molecule has 0 aliphatic carbocycles. The fourth-order valence-corrected chi connectivity index (χ4v) is 1.73. The van der Waals surface area contributed by atoms with Gasteiger partial charge in [-0.15, -0.1) is 0 Å². The maximum atomic E-state index is 13.3. The summed E-state index contributed by atoms with van der Waals surface area (Å²) in [6.07, 6.45) is 0.114. The quantitative estimate of drug-likeness (QED) is 0.913. The van der Waals surface area contributed by atoms with Gasteiger partial charge in [0.15, 0.2) is 0 Å². The van der Waals surface area contributed by atoms with E-state index >= 15 is 0 Å². The van der Waals surface area contributed by atoms with Crippen molar-refractivity contribution < 1.29 is 19.1 Å². The second-order valence-corrected chi connectivity index (χ2v) is 4.83. The molecule has 6 heteroatoms. The second kappa shape index (κ2) is 4.10. The number of carbonyl (C=O) groups is 1. The van der Waals surface area contributed by atoms with Gasteiger partial charge in [-0.2, -0.15) is 0 Å². The lowest BCUT2D eigenvalue weighted by atomic mass is 9.96. The zero-order valence-electron chi connectivity index (χ0n) is 8.91. The lowest BCUT2D eigenvalue weighted by Gasteiger charge is -2.14. The lowest BCUT2D eigenvalue weighted by molar-refractivity contribution is -0.160. The highest BCUT2D eigenvalue weighted by molar-refractivity contribution is 9.10. The first kappa shape index (κ1) is 12.0. The average molecular weight is 302 g/mol. The van der Waals surface area contributed by atoms with E-state index in [9.17, 15) is 9.18 Å². The molecule has 0 saturated heterocycles. The fourth-order valence-electron chi connectivity index (χ4n) is 1.48. The van der Waals surface area contributed by atoms with Gasteiger partial charge < -0.3 is 9.94 Å². The third kappa shape index (κ3) is 2.17. The molecule has 0 saturated carbocycles. The molecule has 90 valence electrons. The van der Waals surface area contributed by atoms with Crippen LogP contribution in [0.4, 0.5) is 4.39 Å². The molecular weight excluding hydrogens is 293 g/mol. The molecule has 1 aromatic carbocycles. The predicted octanol–water partition coefficient (Wildman–Crippen LogP) is 2.56. The molecule has 0 fully saturated rings. The van der Waals surface area contributed by atoms with Gasteiger partial charge in [-0.25, -0.2) is 9.18 Å². The minimum Gasteiger partial charge on any atom is -0.478 e. The third-order valence-electron chi connectivity index (χ3n) is 2.57. The minimum absolute atomic E-state index is 0.114. The highest BCUT2D eigenvalue weighted by atomic mass is 79.9. The number of nitrogens with zero attached hydrogens (tertiary/aromatic N) is 1. The first-order valence-corrected chi connectivity index (χ1v) is 5.65. The number of oxime groups is 1. The summed E-state index contributed by atoms with van der Waals surface area (Å²) in [6, 6.07) is 4.49. The average Bonchev–Trinajstić information content (AvgIpc) is 2.67. The maximum Gasteiger partial charge on any atom is 0.351 e. The van der Waals surface area contributed by atoms with Gasteiger partial charge in [0.2, 0.25) is 5.60 Å². The van der Waals surface area contributed by atoms with Gasteiger partial charge in [0.05, 0.1) is 10.2 Å². The second-order valence-electron chi connectivity index (χ2n) is 3.97. The topological polar surface area (TPSA) is 58.9 Å². The molecule has 1 heterocycles. The molecule has 1 aliphatic heterocycles. The summed E-state index contributed by atoms with van der Waals surface area (Å²) < 4.78 is 13.7. The number of hydrogen-bond donors (Lipinski definition) is 1. The van der Waals surface area contributed by atoms with E-state index in [1.54, 1.807) is 12.1 Å². The SMILES string of the molecule is CC1(C(=O)O)CC(c2ccc(Br)c(F)c2)=NO1. The van der Waals surface area contributed by atoms with Crippen molar-refractivity contribution in [3.63, 3.8) is 0 Å². The molecule has 4 nitrogen and oxygen atoms in total. The molecule has 0 amide bonds. The van der Waals surface area contributed by atoms with E-state index in [0.29, 0.717) is 15.7 Å². The van der Waals surface area contributed by atoms with Crippen LogP contribution in [-0.4, -0.2) is 22.4 Å². The molecule has 1 atom stereocenters. The van der Waals surface area contributed by atoms with Gasteiger partial charge >= 0.3 is 5.97 Å². The van der Waals surface area contributed by atoms with Crippen LogP contribution in [0.1, 0.15) is 18.9 Å². The monoisotopic (exact) mass is 301 g/mol. The zero-order chi connectivity index (χ0) is 12.6. The van der Waals surface area contributed by atoms with Crippen LogP contribution in [0.2, 0.25) is 0 Å². The van der Waals surface area contributed by atoms with E-state index < -0.39 is 17.4 Å². The van der Waals surface area contributed by atoms with Gasteiger partial charge in [0, 0.05) is 12.0 Å². The summed E-state index contributed by atoms with van der Waals surface area (Å²) >= 11 is 3.04. The third-order valence-corrected chi connectivity index (χ3v) is 3.21. The number of hydrogen-bond acceptors (Lipinski definition) is 3. The van der Waals surface area contributed by atoms with E-state index in [0.717, 1.165) is 0 Å². The van der Waals surface area contributed by atoms with Crippen molar-refractivity contribution in [3.8, 4) is 0 Å². The van der Waals surface area contributed by atoms with Gasteiger partial charge in [-0.3, -0.25) is 0 Å². The number of benzene rings is 1. The van der Waals surface area contributed by atoms with E-state index in [4.69, 9.17) is 9.94 Å². The number of rotatable bonds is 2. The van der Waals surface area contributed by atoms with Gasteiger partial charge in [-0.05, 0) is 35.0 Å². The van der Waals surface area contributed by atoms with Crippen molar-refractivity contribution in [1.82, 2.24) is 0 Å². The van der Waals surface area contributed by atoms with Gasteiger partial charge in [0.25, 0.3) is 0 Å². The van der Waals surface area contributed by atoms with Gasteiger partial charge in [-0.1, -0.05) is 11.2 Å². The molecule has 17 heavy (non-hydrogen) atoms. The first-order valence-electron chi connectivity index (χ1n) is 4.86. The normalized spacial score (nSPS) is 23.1. The summed E-state index contributed by atoms with van der Waals surface area (Å²) in [5.74, 6) is -1.51. The highest BCUT2D eigenvalue weighted by Gasteiger charge is 2.42. The Bertz CT molecular complexity index is 517. The zero-order valence-corrected chi connectivity index (χ0v) is 10.5. The Morgan fingerprint density at radius 2 is 2.35 bits per heavy atom. The fraction of sp³-hybridized carbons (Fsp3) is 0.273. The lowest BCUT2D eigenvalue weighted by Crippen LogP contribution is -2.35. The summed E-state index contributed by atoms with van der Waals surface area (Å²) in [5.41, 5.74) is -0.407. The largest absolute Gasteiger partial charge is 0.478 e. The molecule has 1 N–H and O–H groups in total. The molecule has 0 radical (unpaired) electrons. The molecule has 1 aliphatic rings. The Balaban J connectivity index is 2.26. The maximum absolute atomic E-state index is 13.3. The van der Waals surface area contributed by atoms with Crippen molar-refractivity contribution in [2.75, 3.05) is 0 Å². The van der Waals surface area contributed by atoms with Crippen molar-refractivity contribution in [2.24, 2.45) is 5.16 Å². The van der Waals surface area contributed by atoms with E-state index in [2.05, 4.69) is 21.1 Å². The number of aliphatic carboxylic acids is 1. The van der Waals surface area contributed by atoms with E-state index in [1.807, 2.05) is 0 Å². The summed E-state index contributed by atoms with van der Waals surface area (Å²) in [7, 11) is 0. The number of carboxylic acid groups (broad SMARTS) is 1. The Labute approximate surface area is 105 Å². The van der Waals surface area contributed by atoms with E-state index in [-0.39, 0.29) is 6.42 Å². The van der Waals surface area contributed by atoms with Crippen molar-refractivity contribution in [1.29, 1.82) is 0 Å². The smallest absolute Gasteiger partial charge is 0.351 e. The van der Waals surface area contributed by atoms with Crippen LogP contribution in [-0.2, 0) is 9.63 Å². The Hall–Kier alpha value is -1.43. The van der Waals surface area contributed by atoms with Crippen LogP contribution in [0.3, 0.4) is 0 Å². The number of carboxylic acids is 1. The minimum atomic E-state index is -1.36. The first-order chi connectivity index (χ1) is 7.92. The molecule has 2 rings (SSSR count). The van der Waals surface area contributed by atoms with Crippen LogP contribution in [0.15, 0.2) is 27.8 Å². The van der Waals surface area contributed by atoms with Crippen LogP contribution in [0, 0.1) is 5.82 Å². The summed E-state index contributed by atoms with van der Waals surface area (Å²) in [6.45, 7) is 1.43. The predicted molar refractivity (Wildman–Crippen MR) is 62.4 cm³/mol. The molecule has 0 aromatic heterocycles. The molecule has 1 unspecified atom stereocenters.